The number of hydrogen-bond donors (Lipinski definition) is 2. The van der Waals surface area contributed by atoms with Gasteiger partial charge in [0.05, 0.1) is 12.1 Å². The summed E-state index contributed by atoms with van der Waals surface area (Å²) in [7, 11) is 0. The number of benzene rings is 2. The average Bonchev–Trinajstić information content (AvgIpc) is 3.00. The van der Waals surface area contributed by atoms with Gasteiger partial charge in [-0.25, -0.2) is 0 Å². The fourth-order valence-electron chi connectivity index (χ4n) is 2.69. The van der Waals surface area contributed by atoms with Gasteiger partial charge in [0, 0.05) is 5.02 Å². The molecule has 0 bridgehead atoms. The maximum atomic E-state index is 13.6. The van der Waals surface area contributed by atoms with E-state index in [1.807, 2.05) is 0 Å². The highest BCUT2D eigenvalue weighted by Crippen LogP contribution is 2.42. The van der Waals surface area contributed by atoms with Crippen molar-refractivity contribution in [3.8, 4) is 0 Å². The Hall–Kier alpha value is -2.42. The highest BCUT2D eigenvalue weighted by molar-refractivity contribution is 6.30. The van der Waals surface area contributed by atoms with Gasteiger partial charge in [0.15, 0.2) is 6.10 Å². The highest BCUT2D eigenvalue weighted by atomic mass is 35.5. The summed E-state index contributed by atoms with van der Waals surface area (Å²) >= 11 is 5.77. The number of nitrogens with zero attached hydrogens (tertiary/aromatic N) is 2. The lowest BCUT2D eigenvalue weighted by Crippen LogP contribution is -2.57. The second kappa shape index (κ2) is 6.95. The van der Waals surface area contributed by atoms with Gasteiger partial charge >= 0.3 is 6.18 Å². The molecule has 0 unspecified atom stereocenters. The molecular formula is C18H14ClF3N2O3. The van der Waals surface area contributed by atoms with Crippen LogP contribution in [0.4, 0.5) is 13.2 Å². The van der Waals surface area contributed by atoms with Crippen LogP contribution in [0.1, 0.15) is 23.7 Å². The second-order valence-electron chi connectivity index (χ2n) is 6.01. The summed E-state index contributed by atoms with van der Waals surface area (Å²) in [6.07, 6.45) is -8.06. The van der Waals surface area contributed by atoms with Crippen molar-refractivity contribution in [3.05, 3.63) is 70.7 Å². The van der Waals surface area contributed by atoms with Crippen LogP contribution < -0.4 is 0 Å². The Labute approximate surface area is 157 Å². The number of carbonyl (C=O) groups excluding carboxylic acids is 1. The van der Waals surface area contributed by atoms with Gasteiger partial charge in [-0.15, -0.1) is 0 Å². The van der Waals surface area contributed by atoms with Gasteiger partial charge in [-0.1, -0.05) is 54.1 Å². The predicted molar refractivity (Wildman–Crippen MR) is 91.9 cm³/mol. The Bertz CT molecular complexity index is 872. The van der Waals surface area contributed by atoms with Crippen LogP contribution in [0.2, 0.25) is 5.02 Å². The third kappa shape index (κ3) is 3.55. The van der Waals surface area contributed by atoms with Crippen molar-refractivity contribution in [1.82, 2.24) is 5.01 Å². The van der Waals surface area contributed by atoms with Crippen LogP contribution in [0.15, 0.2) is 59.7 Å². The summed E-state index contributed by atoms with van der Waals surface area (Å²) in [5, 5.41) is 24.4. The van der Waals surface area contributed by atoms with Crippen LogP contribution in [0, 0.1) is 0 Å². The molecule has 9 heteroatoms. The minimum atomic E-state index is -5.18. The van der Waals surface area contributed by atoms with Gasteiger partial charge in [-0.3, -0.25) is 4.79 Å². The Morgan fingerprint density at radius 2 is 1.74 bits per heavy atom. The molecular weight excluding hydrogens is 385 g/mol. The van der Waals surface area contributed by atoms with E-state index in [0.29, 0.717) is 5.02 Å². The Kier molecular flexibility index (Phi) is 4.98. The van der Waals surface area contributed by atoms with E-state index in [2.05, 4.69) is 5.10 Å². The first kappa shape index (κ1) is 19.3. The second-order valence-corrected chi connectivity index (χ2v) is 6.44. The first-order valence-corrected chi connectivity index (χ1v) is 8.21. The Balaban J connectivity index is 2.00. The normalized spacial score (nSPS) is 21.1. The summed E-state index contributed by atoms with van der Waals surface area (Å²) in [6, 6.07) is 13.2. The van der Waals surface area contributed by atoms with Gasteiger partial charge in [0.2, 0.25) is 0 Å². The molecule has 2 aromatic rings. The summed E-state index contributed by atoms with van der Waals surface area (Å²) in [6.45, 7) is 0. The number of halogens is 4. The molecule has 2 aromatic carbocycles. The van der Waals surface area contributed by atoms with E-state index in [-0.39, 0.29) is 21.8 Å². The molecule has 0 fully saturated rings. The summed E-state index contributed by atoms with van der Waals surface area (Å²) in [5.41, 5.74) is -3.36. The van der Waals surface area contributed by atoms with Crippen LogP contribution in [0.3, 0.4) is 0 Å². The lowest BCUT2D eigenvalue weighted by atomic mass is 10.00. The lowest BCUT2D eigenvalue weighted by molar-refractivity contribution is -0.303. The van der Waals surface area contributed by atoms with Crippen LogP contribution in [-0.2, 0) is 4.79 Å². The summed E-state index contributed by atoms with van der Waals surface area (Å²) in [5.74, 6) is -1.38. The third-order valence-electron chi connectivity index (χ3n) is 4.17. The van der Waals surface area contributed by atoms with E-state index in [4.69, 9.17) is 11.6 Å². The molecule has 1 aliphatic heterocycles. The minimum Gasteiger partial charge on any atom is -0.378 e. The van der Waals surface area contributed by atoms with Crippen molar-refractivity contribution >= 4 is 23.2 Å². The van der Waals surface area contributed by atoms with Crippen molar-refractivity contribution in [3.63, 3.8) is 0 Å². The molecule has 0 aliphatic carbocycles. The Morgan fingerprint density at radius 3 is 2.30 bits per heavy atom. The van der Waals surface area contributed by atoms with Crippen molar-refractivity contribution < 1.29 is 28.2 Å². The van der Waals surface area contributed by atoms with Crippen LogP contribution in [0.25, 0.3) is 0 Å². The van der Waals surface area contributed by atoms with E-state index in [1.165, 1.54) is 48.5 Å². The fourth-order valence-corrected chi connectivity index (χ4v) is 2.82. The van der Waals surface area contributed by atoms with Crippen LogP contribution in [0.5, 0.6) is 0 Å². The van der Waals surface area contributed by atoms with Gasteiger partial charge in [0.1, 0.15) is 0 Å². The molecule has 142 valence electrons. The molecule has 0 aromatic heterocycles. The molecule has 1 heterocycles. The van der Waals surface area contributed by atoms with Crippen LogP contribution in [-0.4, -0.2) is 38.7 Å². The maximum absolute atomic E-state index is 13.6. The zero-order valence-electron chi connectivity index (χ0n) is 13.7. The number of hydrogen-bond acceptors (Lipinski definition) is 4. The number of aliphatic hydroxyl groups is 2. The monoisotopic (exact) mass is 398 g/mol. The van der Waals surface area contributed by atoms with Gasteiger partial charge in [0.25, 0.3) is 11.6 Å². The SMILES string of the molecule is O=C([C@H](O)c1ccccc1)N1N=C(c2ccc(Cl)cc2)C[C@@]1(O)C(F)(F)F. The molecule has 2 atom stereocenters. The largest absolute Gasteiger partial charge is 0.438 e. The number of carbonyl (C=O) groups is 1. The molecule has 1 aliphatic rings. The number of aliphatic hydroxyl groups excluding tert-OH is 1. The first-order chi connectivity index (χ1) is 12.6. The van der Waals surface area contributed by atoms with E-state index >= 15 is 0 Å². The van der Waals surface area contributed by atoms with Crippen molar-refractivity contribution in [1.29, 1.82) is 0 Å². The number of amides is 1. The molecule has 0 spiro atoms. The van der Waals surface area contributed by atoms with E-state index in [0.717, 1.165) is 0 Å². The molecule has 0 saturated carbocycles. The van der Waals surface area contributed by atoms with Crippen LogP contribution >= 0.6 is 11.6 Å². The highest BCUT2D eigenvalue weighted by Gasteiger charge is 2.63. The van der Waals surface area contributed by atoms with E-state index in [1.54, 1.807) is 6.07 Å². The first-order valence-electron chi connectivity index (χ1n) is 7.83. The molecule has 0 saturated heterocycles. The predicted octanol–water partition coefficient (Wildman–Crippen LogP) is 3.26. The van der Waals surface area contributed by atoms with E-state index in [9.17, 15) is 28.2 Å². The lowest BCUT2D eigenvalue weighted by Gasteiger charge is -2.33. The number of rotatable bonds is 3. The third-order valence-corrected chi connectivity index (χ3v) is 4.43. The van der Waals surface area contributed by atoms with Crippen molar-refractivity contribution in [2.45, 2.75) is 24.4 Å². The number of alkyl halides is 3. The quantitative estimate of drug-likeness (QED) is 0.833. The van der Waals surface area contributed by atoms with E-state index < -0.39 is 30.3 Å². The zero-order chi connectivity index (χ0) is 19.8. The molecule has 27 heavy (non-hydrogen) atoms. The summed E-state index contributed by atoms with van der Waals surface area (Å²) in [4.78, 5) is 12.5. The molecule has 5 nitrogen and oxygen atoms in total. The Morgan fingerprint density at radius 1 is 1.15 bits per heavy atom. The molecule has 3 rings (SSSR count). The smallest absolute Gasteiger partial charge is 0.378 e. The summed E-state index contributed by atoms with van der Waals surface area (Å²) < 4.78 is 40.7. The minimum absolute atomic E-state index is 0.0853. The molecule has 2 N–H and O–H groups in total. The fraction of sp³-hybridized carbons (Fsp3) is 0.222. The molecule has 0 radical (unpaired) electrons. The standard InChI is InChI=1S/C18H14ClF3N2O3/c19-13-8-6-11(7-9-13)14-10-17(27,18(20,21)22)24(23-14)16(26)15(25)12-4-2-1-3-5-12/h1-9,15,25,27H,10H2/t15-,17-/m1/s1. The zero-order valence-corrected chi connectivity index (χ0v) is 14.4. The topological polar surface area (TPSA) is 73.1 Å². The molecule has 1 amide bonds. The van der Waals surface area contributed by atoms with Gasteiger partial charge < -0.3 is 10.2 Å². The average molecular weight is 399 g/mol. The number of hydrazone groups is 1. The van der Waals surface area contributed by atoms with Gasteiger partial charge in [-0.05, 0) is 23.3 Å². The van der Waals surface area contributed by atoms with Gasteiger partial charge in [-0.2, -0.15) is 23.3 Å². The maximum Gasteiger partial charge on any atom is 0.438 e. The van der Waals surface area contributed by atoms with Crippen molar-refractivity contribution in [2.24, 2.45) is 5.10 Å². The van der Waals surface area contributed by atoms with Crippen molar-refractivity contribution in [2.75, 3.05) is 0 Å².